The molecular weight excluding hydrogens is 220 g/mol. The normalized spacial score (nSPS) is 14.6. The highest BCUT2D eigenvalue weighted by molar-refractivity contribution is 7.10. The number of hydrogen-bond acceptors (Lipinski definition) is 3. The maximum absolute atomic E-state index is 11.9. The minimum absolute atomic E-state index is 0.0923. The minimum Gasteiger partial charge on any atom is -0.351 e. The Bertz CT molecular complexity index is 373. The van der Waals surface area contributed by atoms with Crippen LogP contribution < -0.4 is 10.6 Å². The Kier molecular flexibility index (Phi) is 3.96. The van der Waals surface area contributed by atoms with Gasteiger partial charge in [0.2, 0.25) is 0 Å². The second-order valence-corrected chi connectivity index (χ2v) is 5.08. The topological polar surface area (TPSA) is 41.1 Å². The smallest absolute Gasteiger partial charge is 0.252 e. The maximum Gasteiger partial charge on any atom is 0.252 e. The summed E-state index contributed by atoms with van der Waals surface area (Å²) in [6.45, 7) is 1.51. The lowest BCUT2D eigenvalue weighted by molar-refractivity contribution is 0.0953. The van der Waals surface area contributed by atoms with Gasteiger partial charge in [-0.3, -0.25) is 4.79 Å². The van der Waals surface area contributed by atoms with Gasteiger partial charge in [0.1, 0.15) is 0 Å². The molecule has 2 rings (SSSR count). The number of fused-ring (bicyclic) bond motifs is 1. The molecule has 0 aliphatic heterocycles. The first-order valence-electron chi connectivity index (χ1n) is 5.85. The van der Waals surface area contributed by atoms with Gasteiger partial charge < -0.3 is 10.6 Å². The number of aryl methyl sites for hydroxylation is 1. The average molecular weight is 238 g/mol. The van der Waals surface area contributed by atoms with Crippen LogP contribution in [0.25, 0.3) is 0 Å². The number of carbonyl (C=O) groups is 1. The largest absolute Gasteiger partial charge is 0.351 e. The van der Waals surface area contributed by atoms with Crippen LogP contribution in [0.15, 0.2) is 5.38 Å². The molecule has 0 saturated heterocycles. The summed E-state index contributed by atoms with van der Waals surface area (Å²) in [5.74, 6) is 0.0923. The molecule has 0 radical (unpaired) electrons. The number of rotatable bonds is 4. The predicted octanol–water partition coefficient (Wildman–Crippen LogP) is 1.58. The fourth-order valence-corrected chi connectivity index (χ4v) is 3.21. The van der Waals surface area contributed by atoms with Gasteiger partial charge in [-0.25, -0.2) is 0 Å². The molecule has 0 atom stereocenters. The molecular formula is C12H18N2OS. The van der Waals surface area contributed by atoms with Crippen LogP contribution in [-0.4, -0.2) is 26.0 Å². The van der Waals surface area contributed by atoms with Crippen molar-refractivity contribution in [1.82, 2.24) is 10.6 Å². The highest BCUT2D eigenvalue weighted by Crippen LogP contribution is 2.29. The summed E-state index contributed by atoms with van der Waals surface area (Å²) < 4.78 is 0. The summed E-state index contributed by atoms with van der Waals surface area (Å²) in [7, 11) is 1.89. The van der Waals surface area contributed by atoms with Gasteiger partial charge in [-0.05, 0) is 38.3 Å². The van der Waals surface area contributed by atoms with Crippen LogP contribution in [0, 0.1) is 0 Å². The van der Waals surface area contributed by atoms with Gasteiger partial charge >= 0.3 is 0 Å². The molecule has 2 N–H and O–H groups in total. The van der Waals surface area contributed by atoms with Crippen molar-refractivity contribution < 1.29 is 4.79 Å². The van der Waals surface area contributed by atoms with Crippen molar-refractivity contribution in [3.8, 4) is 0 Å². The lowest BCUT2D eigenvalue weighted by Gasteiger charge is -2.12. The van der Waals surface area contributed by atoms with E-state index in [1.807, 2.05) is 12.4 Å². The first-order valence-corrected chi connectivity index (χ1v) is 6.73. The third-order valence-electron chi connectivity index (χ3n) is 2.97. The molecule has 0 aromatic carbocycles. The van der Waals surface area contributed by atoms with E-state index in [0.717, 1.165) is 24.9 Å². The molecule has 1 aliphatic rings. The Labute approximate surface area is 100 Å². The summed E-state index contributed by atoms with van der Waals surface area (Å²) in [6.07, 6.45) is 4.73. The molecule has 0 bridgehead atoms. The number of thiophene rings is 1. The third-order valence-corrected chi connectivity index (χ3v) is 4.06. The van der Waals surface area contributed by atoms with Gasteiger partial charge in [-0.1, -0.05) is 0 Å². The van der Waals surface area contributed by atoms with Crippen LogP contribution in [0.3, 0.4) is 0 Å². The van der Waals surface area contributed by atoms with Crippen molar-refractivity contribution in [3.63, 3.8) is 0 Å². The Hall–Kier alpha value is -0.870. The number of hydrogen-bond donors (Lipinski definition) is 2. The summed E-state index contributed by atoms with van der Waals surface area (Å²) in [4.78, 5) is 13.3. The lowest BCUT2D eigenvalue weighted by Crippen LogP contribution is -2.30. The summed E-state index contributed by atoms with van der Waals surface area (Å²) >= 11 is 1.74. The molecule has 88 valence electrons. The standard InChI is InChI=1S/C12H18N2OS/c1-13-6-7-14-12(15)10-8-16-11-5-3-2-4-9(10)11/h8,13H,2-7H2,1H3,(H,14,15). The zero-order chi connectivity index (χ0) is 11.4. The van der Waals surface area contributed by atoms with Crippen LogP contribution in [0.2, 0.25) is 0 Å². The molecule has 16 heavy (non-hydrogen) atoms. The van der Waals surface area contributed by atoms with Crippen molar-refractivity contribution in [2.45, 2.75) is 25.7 Å². The average Bonchev–Trinajstić information content (AvgIpc) is 2.73. The van der Waals surface area contributed by atoms with Gasteiger partial charge in [-0.2, -0.15) is 0 Å². The molecule has 3 nitrogen and oxygen atoms in total. The van der Waals surface area contributed by atoms with Crippen LogP contribution in [0.4, 0.5) is 0 Å². The Morgan fingerprint density at radius 3 is 3.00 bits per heavy atom. The first-order chi connectivity index (χ1) is 7.83. The van der Waals surface area contributed by atoms with Crippen LogP contribution in [0.1, 0.15) is 33.6 Å². The highest BCUT2D eigenvalue weighted by atomic mass is 32.1. The SMILES string of the molecule is CNCCNC(=O)c1csc2c1CCCC2. The summed E-state index contributed by atoms with van der Waals surface area (Å²) in [5, 5.41) is 7.98. The molecule has 4 heteroatoms. The van der Waals surface area contributed by atoms with Gasteiger partial charge in [0.25, 0.3) is 5.91 Å². The van der Waals surface area contributed by atoms with Crippen LogP contribution in [-0.2, 0) is 12.8 Å². The molecule has 0 saturated carbocycles. The predicted molar refractivity (Wildman–Crippen MR) is 67.2 cm³/mol. The van der Waals surface area contributed by atoms with E-state index in [9.17, 15) is 4.79 Å². The van der Waals surface area contributed by atoms with E-state index < -0.39 is 0 Å². The van der Waals surface area contributed by atoms with E-state index in [4.69, 9.17) is 0 Å². The van der Waals surface area contributed by atoms with Crippen LogP contribution in [0.5, 0.6) is 0 Å². The van der Waals surface area contributed by atoms with Crippen molar-refractivity contribution in [1.29, 1.82) is 0 Å². The van der Waals surface area contributed by atoms with Gasteiger partial charge in [-0.15, -0.1) is 11.3 Å². The fraction of sp³-hybridized carbons (Fsp3) is 0.583. The van der Waals surface area contributed by atoms with Crippen molar-refractivity contribution in [3.05, 3.63) is 21.4 Å². The van der Waals surface area contributed by atoms with E-state index in [0.29, 0.717) is 6.54 Å². The zero-order valence-corrected chi connectivity index (χ0v) is 10.5. The maximum atomic E-state index is 11.9. The van der Waals surface area contributed by atoms with Crippen molar-refractivity contribution in [2.24, 2.45) is 0 Å². The number of carbonyl (C=O) groups excluding carboxylic acids is 1. The minimum atomic E-state index is 0.0923. The first kappa shape index (κ1) is 11.6. The van der Waals surface area contributed by atoms with Gasteiger partial charge in [0.15, 0.2) is 0 Å². The van der Waals surface area contributed by atoms with E-state index in [-0.39, 0.29) is 5.91 Å². The molecule has 0 spiro atoms. The van der Waals surface area contributed by atoms with E-state index >= 15 is 0 Å². The fourth-order valence-electron chi connectivity index (χ4n) is 2.08. The molecule has 1 aromatic heterocycles. The third kappa shape index (κ3) is 2.44. The zero-order valence-electron chi connectivity index (χ0n) is 9.64. The summed E-state index contributed by atoms with van der Waals surface area (Å²) in [6, 6.07) is 0. The van der Waals surface area contributed by atoms with E-state index in [1.54, 1.807) is 11.3 Å². The highest BCUT2D eigenvalue weighted by Gasteiger charge is 2.19. The van der Waals surface area contributed by atoms with E-state index in [2.05, 4.69) is 10.6 Å². The number of likely N-dealkylation sites (N-methyl/N-ethyl adjacent to an activating group) is 1. The Morgan fingerprint density at radius 2 is 2.19 bits per heavy atom. The molecule has 1 aliphatic carbocycles. The lowest BCUT2D eigenvalue weighted by atomic mass is 9.96. The number of nitrogens with one attached hydrogen (secondary N) is 2. The van der Waals surface area contributed by atoms with Crippen LogP contribution >= 0.6 is 11.3 Å². The Balaban J connectivity index is 2.03. The number of amides is 1. The quantitative estimate of drug-likeness (QED) is 0.782. The molecule has 0 unspecified atom stereocenters. The Morgan fingerprint density at radius 1 is 1.38 bits per heavy atom. The van der Waals surface area contributed by atoms with E-state index in [1.165, 1.54) is 23.3 Å². The van der Waals surface area contributed by atoms with Crippen molar-refractivity contribution in [2.75, 3.05) is 20.1 Å². The molecule has 0 fully saturated rings. The second-order valence-electron chi connectivity index (χ2n) is 4.12. The summed E-state index contributed by atoms with van der Waals surface area (Å²) in [5.41, 5.74) is 2.22. The van der Waals surface area contributed by atoms with Crippen molar-refractivity contribution >= 4 is 17.2 Å². The second kappa shape index (κ2) is 5.46. The monoisotopic (exact) mass is 238 g/mol. The van der Waals surface area contributed by atoms with Gasteiger partial charge in [0.05, 0.1) is 5.56 Å². The van der Waals surface area contributed by atoms with Gasteiger partial charge in [0, 0.05) is 23.3 Å². The molecule has 1 amide bonds. The molecule has 1 aromatic rings. The molecule has 1 heterocycles.